The number of ether oxygens (including phenoxy) is 2. The van der Waals surface area contributed by atoms with E-state index in [4.69, 9.17) is 9.47 Å². The van der Waals surface area contributed by atoms with Crippen molar-refractivity contribution in [3.05, 3.63) is 128 Å². The largest absolute Gasteiger partial charge is 0.490 e. The van der Waals surface area contributed by atoms with Crippen LogP contribution in [0.15, 0.2) is 106 Å². The Morgan fingerprint density at radius 3 is 2.04 bits per heavy atom. The zero-order valence-electron chi connectivity index (χ0n) is 30.0. The second-order valence-corrected chi connectivity index (χ2v) is 16.6. The molecule has 4 aromatic rings. The van der Waals surface area contributed by atoms with Crippen molar-refractivity contribution in [3.63, 3.8) is 0 Å². The lowest BCUT2D eigenvalue weighted by Gasteiger charge is -2.49. The van der Waals surface area contributed by atoms with Crippen LogP contribution in [0.5, 0.6) is 11.5 Å². The molecule has 6 heteroatoms. The molecule has 2 aliphatic carbocycles. The van der Waals surface area contributed by atoms with Crippen LogP contribution in [0.25, 0.3) is 10.8 Å². The van der Waals surface area contributed by atoms with Gasteiger partial charge in [0.1, 0.15) is 6.61 Å². The van der Waals surface area contributed by atoms with E-state index in [2.05, 4.69) is 116 Å². The molecular weight excluding hydrogens is 686 g/mol. The van der Waals surface area contributed by atoms with E-state index in [0.29, 0.717) is 44.1 Å². The van der Waals surface area contributed by atoms with Gasteiger partial charge in [0.2, 0.25) is 0 Å². The first kappa shape index (κ1) is 34.3. The normalized spacial score (nSPS) is 18.7. The summed E-state index contributed by atoms with van der Waals surface area (Å²) >= 11 is 3.86. The topological polar surface area (TPSA) is 55.8 Å². The lowest BCUT2D eigenvalue weighted by molar-refractivity contribution is -0.119. The molecule has 3 aliphatic rings. The van der Waals surface area contributed by atoms with Crippen molar-refractivity contribution in [2.24, 2.45) is 10.8 Å². The molecule has 0 spiro atoms. The molecule has 0 atom stereocenters. The molecule has 1 aliphatic heterocycles. The Hall–Kier alpha value is -4.16. The molecule has 0 saturated heterocycles. The molecule has 7 rings (SSSR count). The molecule has 50 heavy (non-hydrogen) atoms. The number of hydrogen-bond acceptors (Lipinski definition) is 5. The molecule has 0 N–H and O–H groups in total. The predicted molar refractivity (Wildman–Crippen MR) is 203 cm³/mol. The molecule has 0 aromatic heterocycles. The van der Waals surface area contributed by atoms with Crippen molar-refractivity contribution in [2.45, 2.75) is 86.3 Å². The Morgan fingerprint density at radius 2 is 1.40 bits per heavy atom. The van der Waals surface area contributed by atoms with Crippen LogP contribution >= 0.6 is 15.9 Å². The summed E-state index contributed by atoms with van der Waals surface area (Å²) in [4.78, 5) is 31.1. The average molecular weight is 733 g/mol. The van der Waals surface area contributed by atoms with Gasteiger partial charge in [-0.1, -0.05) is 94.4 Å². The van der Waals surface area contributed by atoms with Crippen molar-refractivity contribution < 1.29 is 19.1 Å². The number of rotatable bonds is 8. The van der Waals surface area contributed by atoms with Gasteiger partial charge in [0.25, 0.3) is 0 Å². The molecule has 0 bridgehead atoms. The molecule has 0 fully saturated rings. The quantitative estimate of drug-likeness (QED) is 0.181. The maximum atomic E-state index is 14.4. The SMILES string of the molecule is CCOc1cc(C2C3=C(CC(C)(C)CC3=O)N(Cc3ccccc3)C3=C2C(=O)CC(C)(C)C3)cc(Br)c1OCc1c(C)ccc2ccccc12. The first-order chi connectivity index (χ1) is 23.9. The number of benzene rings is 4. The highest BCUT2D eigenvalue weighted by Gasteiger charge is 2.49. The van der Waals surface area contributed by atoms with Crippen LogP contribution in [0.4, 0.5) is 0 Å². The summed E-state index contributed by atoms with van der Waals surface area (Å²) in [6, 6.07) is 27.1. The van der Waals surface area contributed by atoms with Gasteiger partial charge in [-0.05, 0) is 93.0 Å². The number of carbonyl (C=O) groups is 2. The van der Waals surface area contributed by atoms with Gasteiger partial charge in [-0.3, -0.25) is 9.59 Å². The Labute approximate surface area is 304 Å². The average Bonchev–Trinajstić information content (AvgIpc) is 3.05. The van der Waals surface area contributed by atoms with Gasteiger partial charge in [0.15, 0.2) is 23.1 Å². The number of Topliss-reactive ketones (excluding diaryl/α,β-unsaturated/α-hetero) is 2. The van der Waals surface area contributed by atoms with E-state index in [0.717, 1.165) is 67.5 Å². The standard InChI is InChI=1S/C44H46BrNO4/c1-7-49-38-20-30(19-33(45)42(38)50-26-32-27(2)17-18-29-15-11-12-16-31(29)32)39-40-34(21-43(3,4)23-36(40)47)46(25-28-13-9-8-10-14-28)35-22-44(5,6)24-37(48)41(35)39/h8-20,39H,7,21-26H2,1-6H3. The molecule has 0 unspecified atom stereocenters. The van der Waals surface area contributed by atoms with E-state index in [9.17, 15) is 9.59 Å². The van der Waals surface area contributed by atoms with Crippen LogP contribution in [0, 0.1) is 17.8 Å². The minimum absolute atomic E-state index is 0.115. The third-order valence-corrected chi connectivity index (χ3v) is 11.1. The first-order valence-electron chi connectivity index (χ1n) is 17.8. The first-order valence-corrected chi connectivity index (χ1v) is 18.6. The van der Waals surface area contributed by atoms with Crippen molar-refractivity contribution in [3.8, 4) is 11.5 Å². The van der Waals surface area contributed by atoms with E-state index in [1.54, 1.807) is 0 Å². The minimum Gasteiger partial charge on any atom is -0.490 e. The van der Waals surface area contributed by atoms with Crippen LogP contribution in [-0.4, -0.2) is 23.1 Å². The molecule has 0 radical (unpaired) electrons. The smallest absolute Gasteiger partial charge is 0.175 e. The van der Waals surface area contributed by atoms with Crippen molar-refractivity contribution >= 4 is 38.3 Å². The van der Waals surface area contributed by atoms with Gasteiger partial charge in [-0.25, -0.2) is 0 Å². The van der Waals surface area contributed by atoms with E-state index in [-0.39, 0.29) is 22.4 Å². The molecule has 258 valence electrons. The number of ketones is 2. The monoisotopic (exact) mass is 731 g/mol. The van der Waals surface area contributed by atoms with Gasteiger partial charge in [-0.2, -0.15) is 0 Å². The van der Waals surface area contributed by atoms with E-state index < -0.39 is 5.92 Å². The highest BCUT2D eigenvalue weighted by atomic mass is 79.9. The number of aryl methyl sites for hydroxylation is 1. The maximum absolute atomic E-state index is 14.4. The number of allylic oxidation sites excluding steroid dienone is 4. The van der Waals surface area contributed by atoms with Crippen LogP contribution in [0.1, 0.15) is 88.5 Å². The summed E-state index contributed by atoms with van der Waals surface area (Å²) in [6.07, 6.45) is 2.39. The van der Waals surface area contributed by atoms with Crippen LogP contribution in [0.2, 0.25) is 0 Å². The molecule has 0 saturated carbocycles. The van der Waals surface area contributed by atoms with Gasteiger partial charge in [-0.15, -0.1) is 0 Å². The van der Waals surface area contributed by atoms with E-state index in [1.807, 2.05) is 25.1 Å². The van der Waals surface area contributed by atoms with Gasteiger partial charge in [0.05, 0.1) is 11.1 Å². The highest BCUT2D eigenvalue weighted by molar-refractivity contribution is 9.10. The number of fused-ring (bicyclic) bond motifs is 1. The summed E-state index contributed by atoms with van der Waals surface area (Å²) in [6.45, 7) is 14.2. The van der Waals surface area contributed by atoms with Crippen molar-refractivity contribution in [2.75, 3.05) is 6.61 Å². The second kappa shape index (κ2) is 13.2. The second-order valence-electron chi connectivity index (χ2n) is 15.7. The molecule has 1 heterocycles. The maximum Gasteiger partial charge on any atom is 0.175 e. The Kier molecular flexibility index (Phi) is 9.05. The fraction of sp³-hybridized carbons (Fsp3) is 0.364. The molecule has 0 amide bonds. The third-order valence-electron chi connectivity index (χ3n) is 10.5. The van der Waals surface area contributed by atoms with Gasteiger partial charge < -0.3 is 14.4 Å². The van der Waals surface area contributed by atoms with Crippen LogP contribution in [0.3, 0.4) is 0 Å². The third kappa shape index (κ3) is 6.43. The van der Waals surface area contributed by atoms with E-state index in [1.165, 1.54) is 5.39 Å². The van der Waals surface area contributed by atoms with Gasteiger partial charge >= 0.3 is 0 Å². The number of carbonyl (C=O) groups excluding carboxylic acids is 2. The Morgan fingerprint density at radius 1 is 0.780 bits per heavy atom. The summed E-state index contributed by atoms with van der Waals surface area (Å²) in [5.74, 6) is 0.954. The molecule has 4 aromatic carbocycles. The zero-order chi connectivity index (χ0) is 35.4. The molecule has 5 nitrogen and oxygen atoms in total. The lowest BCUT2D eigenvalue weighted by Crippen LogP contribution is -2.44. The Balaban J connectivity index is 1.37. The molecular formula is C44H46BrNO4. The van der Waals surface area contributed by atoms with Crippen LogP contribution < -0.4 is 9.47 Å². The summed E-state index contributed by atoms with van der Waals surface area (Å²) < 4.78 is 13.6. The van der Waals surface area contributed by atoms with Crippen molar-refractivity contribution in [1.29, 1.82) is 0 Å². The Bertz CT molecular complexity index is 2020. The summed E-state index contributed by atoms with van der Waals surface area (Å²) in [7, 11) is 0. The van der Waals surface area contributed by atoms with Gasteiger partial charge in [0, 0.05) is 53.4 Å². The predicted octanol–water partition coefficient (Wildman–Crippen LogP) is 10.8. The number of halogens is 1. The lowest BCUT2D eigenvalue weighted by atomic mass is 9.63. The fourth-order valence-electron chi connectivity index (χ4n) is 8.28. The summed E-state index contributed by atoms with van der Waals surface area (Å²) in [5.41, 5.74) is 7.51. The van der Waals surface area contributed by atoms with Crippen molar-refractivity contribution in [1.82, 2.24) is 4.90 Å². The highest BCUT2D eigenvalue weighted by Crippen LogP contribution is 2.56. The van der Waals surface area contributed by atoms with Crippen LogP contribution in [-0.2, 0) is 22.7 Å². The number of nitrogens with zero attached hydrogens (tertiary/aromatic N) is 1. The zero-order valence-corrected chi connectivity index (χ0v) is 31.6. The number of hydrogen-bond donors (Lipinski definition) is 0. The minimum atomic E-state index is -0.482. The fourth-order valence-corrected chi connectivity index (χ4v) is 8.85. The van der Waals surface area contributed by atoms with E-state index >= 15 is 0 Å². The summed E-state index contributed by atoms with van der Waals surface area (Å²) in [5, 5.41) is 2.33.